The SMILES string of the molecule is CCn1c(C(C)NS(=O)(=O)c2ccc(C(C)(C)C)cc2)cnc1Oc1ccc(C)cc1. The van der Waals surface area contributed by atoms with Crippen LogP contribution in [0, 0.1) is 6.92 Å². The average Bonchev–Trinajstić information content (AvgIpc) is 3.11. The van der Waals surface area contributed by atoms with Crippen molar-refractivity contribution < 1.29 is 13.2 Å². The molecule has 3 rings (SSSR count). The predicted molar refractivity (Wildman–Crippen MR) is 123 cm³/mol. The van der Waals surface area contributed by atoms with Gasteiger partial charge in [-0.05, 0) is 56.0 Å². The van der Waals surface area contributed by atoms with E-state index in [1.807, 2.05) is 54.8 Å². The van der Waals surface area contributed by atoms with Gasteiger partial charge < -0.3 is 4.74 Å². The maximum absolute atomic E-state index is 12.9. The summed E-state index contributed by atoms with van der Waals surface area (Å²) in [6.45, 7) is 12.7. The fourth-order valence-corrected chi connectivity index (χ4v) is 4.54. The molecule has 6 nitrogen and oxygen atoms in total. The van der Waals surface area contributed by atoms with Crippen LogP contribution in [0.25, 0.3) is 0 Å². The van der Waals surface area contributed by atoms with Gasteiger partial charge in [-0.15, -0.1) is 0 Å². The molecule has 0 radical (unpaired) electrons. The molecule has 0 aliphatic carbocycles. The first-order valence-corrected chi connectivity index (χ1v) is 11.9. The summed E-state index contributed by atoms with van der Waals surface area (Å²) in [4.78, 5) is 4.61. The number of aryl methyl sites for hydroxylation is 1. The lowest BCUT2D eigenvalue weighted by Gasteiger charge is -2.20. The molecular formula is C24H31N3O3S. The quantitative estimate of drug-likeness (QED) is 0.537. The monoisotopic (exact) mass is 441 g/mol. The summed E-state index contributed by atoms with van der Waals surface area (Å²) in [6, 6.07) is 14.7. The topological polar surface area (TPSA) is 73.2 Å². The van der Waals surface area contributed by atoms with Crippen LogP contribution in [-0.4, -0.2) is 18.0 Å². The van der Waals surface area contributed by atoms with Gasteiger partial charge in [0.2, 0.25) is 10.0 Å². The van der Waals surface area contributed by atoms with Gasteiger partial charge in [-0.3, -0.25) is 4.57 Å². The molecule has 0 bridgehead atoms. The van der Waals surface area contributed by atoms with Crippen molar-refractivity contribution in [2.45, 2.75) is 64.4 Å². The van der Waals surface area contributed by atoms with Gasteiger partial charge in [-0.1, -0.05) is 50.6 Å². The molecule has 1 aromatic heterocycles. The molecule has 7 heteroatoms. The number of hydrogen-bond donors (Lipinski definition) is 1. The zero-order chi connectivity index (χ0) is 22.8. The maximum atomic E-state index is 12.9. The summed E-state index contributed by atoms with van der Waals surface area (Å²) in [5.74, 6) is 0.685. The minimum absolute atomic E-state index is 0.0372. The first-order chi connectivity index (χ1) is 14.5. The molecule has 1 N–H and O–H groups in total. The number of sulfonamides is 1. The Balaban J connectivity index is 1.80. The van der Waals surface area contributed by atoms with Gasteiger partial charge in [-0.25, -0.2) is 18.1 Å². The Morgan fingerprint density at radius 3 is 2.23 bits per heavy atom. The molecule has 0 spiro atoms. The van der Waals surface area contributed by atoms with Gasteiger partial charge in [0, 0.05) is 6.54 Å². The van der Waals surface area contributed by atoms with E-state index in [4.69, 9.17) is 4.74 Å². The third-order valence-electron chi connectivity index (χ3n) is 5.20. The Morgan fingerprint density at radius 2 is 1.68 bits per heavy atom. The van der Waals surface area contributed by atoms with Crippen molar-refractivity contribution >= 4 is 10.0 Å². The van der Waals surface area contributed by atoms with Crippen LogP contribution in [0.4, 0.5) is 0 Å². The number of benzene rings is 2. The zero-order valence-electron chi connectivity index (χ0n) is 19.0. The predicted octanol–water partition coefficient (Wildman–Crippen LogP) is 5.34. The van der Waals surface area contributed by atoms with E-state index in [0.29, 0.717) is 18.3 Å². The molecule has 166 valence electrons. The highest BCUT2D eigenvalue weighted by Crippen LogP contribution is 2.27. The summed E-state index contributed by atoms with van der Waals surface area (Å²) < 4.78 is 36.4. The Bertz CT molecular complexity index is 1130. The molecule has 0 aliphatic rings. The van der Waals surface area contributed by atoms with Gasteiger partial charge in [0.15, 0.2) is 0 Å². The first kappa shape index (κ1) is 23.0. The minimum Gasteiger partial charge on any atom is -0.426 e. The fourth-order valence-electron chi connectivity index (χ4n) is 3.32. The molecule has 0 amide bonds. The highest BCUT2D eigenvalue weighted by molar-refractivity contribution is 7.89. The van der Waals surface area contributed by atoms with E-state index in [-0.39, 0.29) is 10.3 Å². The number of ether oxygens (including phenoxy) is 1. The van der Waals surface area contributed by atoms with Crippen LogP contribution in [0.5, 0.6) is 11.8 Å². The molecular weight excluding hydrogens is 410 g/mol. The van der Waals surface area contributed by atoms with Crippen LogP contribution in [-0.2, 0) is 22.0 Å². The molecule has 1 atom stereocenters. The lowest BCUT2D eigenvalue weighted by atomic mass is 9.87. The van der Waals surface area contributed by atoms with Gasteiger partial charge >= 0.3 is 6.01 Å². The summed E-state index contributed by atoms with van der Waals surface area (Å²) in [6.07, 6.45) is 1.66. The Hall–Kier alpha value is -2.64. The third kappa shape index (κ3) is 5.35. The number of aromatic nitrogens is 2. The number of nitrogens with zero attached hydrogens (tertiary/aromatic N) is 2. The molecule has 0 saturated heterocycles. The lowest BCUT2D eigenvalue weighted by molar-refractivity contribution is 0.408. The summed E-state index contributed by atoms with van der Waals surface area (Å²) in [5.41, 5.74) is 2.93. The Kier molecular flexibility index (Phi) is 6.57. The van der Waals surface area contributed by atoms with Gasteiger partial charge in [0.05, 0.1) is 22.8 Å². The summed E-state index contributed by atoms with van der Waals surface area (Å²) in [7, 11) is -3.68. The lowest BCUT2D eigenvalue weighted by Crippen LogP contribution is -2.28. The second kappa shape index (κ2) is 8.85. The van der Waals surface area contributed by atoms with E-state index in [1.54, 1.807) is 25.3 Å². The van der Waals surface area contributed by atoms with E-state index in [9.17, 15) is 8.42 Å². The normalized spacial score (nSPS) is 13.2. The molecule has 2 aromatic carbocycles. The van der Waals surface area contributed by atoms with E-state index < -0.39 is 16.1 Å². The molecule has 1 heterocycles. The molecule has 31 heavy (non-hydrogen) atoms. The maximum Gasteiger partial charge on any atom is 0.302 e. The highest BCUT2D eigenvalue weighted by Gasteiger charge is 2.23. The fraction of sp³-hybridized carbons (Fsp3) is 0.375. The standard InChI is InChI=1S/C24H31N3O3S/c1-7-27-22(16-25-23(27)30-20-12-8-17(2)9-13-20)18(3)26-31(28,29)21-14-10-19(11-15-21)24(4,5)6/h8-16,18,26H,7H2,1-6H3. The van der Waals surface area contributed by atoms with Crippen molar-refractivity contribution in [3.8, 4) is 11.8 Å². The van der Waals surface area contributed by atoms with E-state index in [1.165, 1.54) is 0 Å². The summed E-state index contributed by atoms with van der Waals surface area (Å²) >= 11 is 0. The third-order valence-corrected chi connectivity index (χ3v) is 6.76. The number of nitrogens with one attached hydrogen (secondary N) is 1. The summed E-state index contributed by atoms with van der Waals surface area (Å²) in [5, 5.41) is 0. The Labute approximate surface area is 185 Å². The van der Waals surface area contributed by atoms with E-state index in [0.717, 1.165) is 16.8 Å². The van der Waals surface area contributed by atoms with Crippen molar-refractivity contribution in [3.05, 3.63) is 71.5 Å². The van der Waals surface area contributed by atoms with Crippen LogP contribution in [0.15, 0.2) is 59.6 Å². The van der Waals surface area contributed by atoms with Crippen LogP contribution in [0.3, 0.4) is 0 Å². The van der Waals surface area contributed by atoms with E-state index in [2.05, 4.69) is 30.5 Å². The smallest absolute Gasteiger partial charge is 0.302 e. The van der Waals surface area contributed by atoms with Crippen LogP contribution in [0.2, 0.25) is 0 Å². The van der Waals surface area contributed by atoms with Crippen LogP contribution >= 0.6 is 0 Å². The van der Waals surface area contributed by atoms with Crippen LogP contribution in [0.1, 0.15) is 57.5 Å². The Morgan fingerprint density at radius 1 is 1.06 bits per heavy atom. The minimum atomic E-state index is -3.68. The number of rotatable bonds is 7. The molecule has 1 unspecified atom stereocenters. The largest absolute Gasteiger partial charge is 0.426 e. The van der Waals surface area contributed by atoms with E-state index >= 15 is 0 Å². The number of hydrogen-bond acceptors (Lipinski definition) is 4. The first-order valence-electron chi connectivity index (χ1n) is 10.4. The molecule has 0 saturated carbocycles. The van der Waals surface area contributed by atoms with Crippen molar-refractivity contribution in [1.82, 2.24) is 14.3 Å². The van der Waals surface area contributed by atoms with Crippen molar-refractivity contribution in [3.63, 3.8) is 0 Å². The molecule has 0 fully saturated rings. The van der Waals surface area contributed by atoms with Crippen molar-refractivity contribution in [1.29, 1.82) is 0 Å². The van der Waals surface area contributed by atoms with Gasteiger partial charge in [0.25, 0.3) is 0 Å². The second-order valence-electron chi connectivity index (χ2n) is 8.74. The van der Waals surface area contributed by atoms with Crippen LogP contribution < -0.4 is 9.46 Å². The zero-order valence-corrected chi connectivity index (χ0v) is 19.8. The van der Waals surface area contributed by atoms with Gasteiger partial charge in [0.1, 0.15) is 5.75 Å². The molecule has 3 aromatic rings. The van der Waals surface area contributed by atoms with Crippen molar-refractivity contribution in [2.75, 3.05) is 0 Å². The number of imidazole rings is 1. The average molecular weight is 442 g/mol. The molecule has 0 aliphatic heterocycles. The van der Waals surface area contributed by atoms with Crippen molar-refractivity contribution in [2.24, 2.45) is 0 Å². The second-order valence-corrected chi connectivity index (χ2v) is 10.5. The van der Waals surface area contributed by atoms with Gasteiger partial charge in [-0.2, -0.15) is 0 Å². The highest BCUT2D eigenvalue weighted by atomic mass is 32.2.